The van der Waals surface area contributed by atoms with Crippen LogP contribution in [0.4, 0.5) is 4.39 Å². The molecule has 2 radical (unpaired) electrons. The van der Waals surface area contributed by atoms with Gasteiger partial charge in [-0.25, -0.2) is 0 Å². The molecule has 0 amide bonds. The van der Waals surface area contributed by atoms with E-state index in [0.29, 0.717) is 5.75 Å². The summed E-state index contributed by atoms with van der Waals surface area (Å²) in [4.78, 5) is 0. The zero-order chi connectivity index (χ0) is 7.56. The minimum absolute atomic E-state index is 0.291. The number of hydrogen-bond donors (Lipinski definition) is 0. The second-order valence-corrected chi connectivity index (χ2v) is 3.80. The second kappa shape index (κ2) is 3.23. The van der Waals surface area contributed by atoms with Crippen molar-refractivity contribution in [2.45, 2.75) is 0 Å². The third kappa shape index (κ3) is 1.62. The molecule has 0 unspecified atom stereocenters. The van der Waals surface area contributed by atoms with E-state index in [1.54, 1.807) is 12.1 Å². The van der Waals surface area contributed by atoms with Crippen LogP contribution in [0, 0.1) is 5.82 Å². The summed E-state index contributed by atoms with van der Waals surface area (Å²) in [6.45, 7) is 0. The summed E-state index contributed by atoms with van der Waals surface area (Å²) in [5.41, 5.74) is 0. The molecule has 0 N–H and O–H groups in total. The average molecular weight is 245 g/mol. The topological polar surface area (TPSA) is 9.23 Å². The number of benzene rings is 1. The fraction of sp³-hybridized carbons (Fsp3) is 0.143. The quantitative estimate of drug-likeness (QED) is 0.649. The van der Waals surface area contributed by atoms with Gasteiger partial charge < -0.3 is 0 Å². The fourth-order valence-electron chi connectivity index (χ4n) is 0.676. The number of halogens is 1. The summed E-state index contributed by atoms with van der Waals surface area (Å²) in [6.07, 6.45) is 0. The molecular formula is C7H7FOSn. The number of hydrogen-bond acceptors (Lipinski definition) is 1. The van der Waals surface area contributed by atoms with Gasteiger partial charge in [0.1, 0.15) is 0 Å². The van der Waals surface area contributed by atoms with Crippen molar-refractivity contribution in [2.75, 3.05) is 7.11 Å². The molecule has 0 fully saturated rings. The van der Waals surface area contributed by atoms with Gasteiger partial charge in [0, 0.05) is 0 Å². The maximum absolute atomic E-state index is 12.7. The van der Waals surface area contributed by atoms with E-state index < -0.39 is 0 Å². The predicted octanol–water partition coefficient (Wildman–Crippen LogP) is 0.360. The van der Waals surface area contributed by atoms with Crippen LogP contribution >= 0.6 is 0 Å². The number of rotatable bonds is 1. The van der Waals surface area contributed by atoms with Gasteiger partial charge in [0.15, 0.2) is 0 Å². The monoisotopic (exact) mass is 246 g/mol. The van der Waals surface area contributed by atoms with E-state index in [-0.39, 0.29) is 5.82 Å². The van der Waals surface area contributed by atoms with Crippen molar-refractivity contribution in [3.8, 4) is 5.75 Å². The van der Waals surface area contributed by atoms with Gasteiger partial charge in [-0.2, -0.15) is 0 Å². The van der Waals surface area contributed by atoms with Crippen molar-refractivity contribution in [2.24, 2.45) is 0 Å². The molecule has 10 heavy (non-hydrogen) atoms. The van der Waals surface area contributed by atoms with Crippen LogP contribution in [-0.4, -0.2) is 29.6 Å². The van der Waals surface area contributed by atoms with Gasteiger partial charge in [-0.1, -0.05) is 0 Å². The van der Waals surface area contributed by atoms with Gasteiger partial charge in [0.05, 0.1) is 0 Å². The Morgan fingerprint density at radius 3 is 2.70 bits per heavy atom. The number of methoxy groups -OCH3 is 1. The van der Waals surface area contributed by atoms with Crippen LogP contribution in [-0.2, 0) is 0 Å². The molecular weight excluding hydrogens is 238 g/mol. The van der Waals surface area contributed by atoms with E-state index in [4.69, 9.17) is 4.74 Å². The Balaban J connectivity index is 3.09. The molecule has 1 nitrogen and oxygen atoms in total. The Labute approximate surface area is 72.3 Å². The molecule has 0 spiro atoms. The summed E-state index contributed by atoms with van der Waals surface area (Å²) >= 11 is 0.990. The van der Waals surface area contributed by atoms with Crippen LogP contribution in [0.15, 0.2) is 18.2 Å². The predicted molar refractivity (Wildman–Crippen MR) is 39.7 cm³/mol. The zero-order valence-corrected chi connectivity index (χ0v) is 8.89. The molecule has 0 saturated carbocycles. The Morgan fingerprint density at radius 1 is 1.50 bits per heavy atom. The van der Waals surface area contributed by atoms with Crippen molar-refractivity contribution in [1.82, 2.24) is 0 Å². The maximum atomic E-state index is 12.7. The van der Waals surface area contributed by atoms with Gasteiger partial charge in [-0.15, -0.1) is 0 Å². The van der Waals surface area contributed by atoms with Crippen LogP contribution in [0.5, 0.6) is 5.75 Å². The van der Waals surface area contributed by atoms with Crippen molar-refractivity contribution >= 4 is 26.1 Å². The molecule has 0 aliphatic carbocycles. The third-order valence-electron chi connectivity index (χ3n) is 1.18. The Kier molecular flexibility index (Phi) is 2.54. The first kappa shape index (κ1) is 7.85. The van der Waals surface area contributed by atoms with Crippen molar-refractivity contribution < 1.29 is 9.13 Å². The molecule has 52 valence electrons. The van der Waals surface area contributed by atoms with E-state index >= 15 is 0 Å². The van der Waals surface area contributed by atoms with Gasteiger partial charge in [0.2, 0.25) is 0 Å². The molecule has 0 aliphatic heterocycles. The van der Waals surface area contributed by atoms with E-state index in [0.717, 1.165) is 26.1 Å². The van der Waals surface area contributed by atoms with E-state index in [1.807, 2.05) is 0 Å². The molecule has 1 aromatic carbocycles. The summed E-state index contributed by atoms with van der Waals surface area (Å²) in [5, 5.41) is 0. The van der Waals surface area contributed by atoms with Gasteiger partial charge in [-0.05, 0) is 0 Å². The Morgan fingerprint density at radius 2 is 2.20 bits per heavy atom. The molecule has 0 aromatic heterocycles. The van der Waals surface area contributed by atoms with E-state index in [2.05, 4.69) is 0 Å². The standard InChI is InChI=1S/C7H6FO.Sn.H/c1-9-7-5-3-2-4-6(7)8;;/h2,4-5H,1H3;;. The molecule has 3 heteroatoms. The molecule has 1 rings (SSSR count). The first-order valence-electron chi connectivity index (χ1n) is 2.83. The molecule has 0 bridgehead atoms. The average Bonchev–Trinajstić information content (AvgIpc) is 1.94. The van der Waals surface area contributed by atoms with Gasteiger partial charge >= 0.3 is 72.1 Å². The second-order valence-electron chi connectivity index (χ2n) is 1.89. The van der Waals surface area contributed by atoms with Crippen LogP contribution < -0.4 is 8.32 Å². The van der Waals surface area contributed by atoms with Gasteiger partial charge in [-0.3, -0.25) is 0 Å². The minimum atomic E-state index is -0.291. The van der Waals surface area contributed by atoms with Crippen LogP contribution in [0.3, 0.4) is 0 Å². The SMILES string of the molecule is COc1c[c]([SnH])ccc1F. The summed E-state index contributed by atoms with van der Waals surface area (Å²) in [7, 11) is 1.47. The van der Waals surface area contributed by atoms with E-state index in [9.17, 15) is 4.39 Å². The summed E-state index contributed by atoms with van der Waals surface area (Å²) < 4.78 is 18.6. The molecule has 0 aliphatic rings. The molecule has 0 heterocycles. The number of ether oxygens (including phenoxy) is 1. The van der Waals surface area contributed by atoms with Crippen LogP contribution in [0.25, 0.3) is 0 Å². The summed E-state index contributed by atoms with van der Waals surface area (Å²) in [5.74, 6) is 0.0469. The zero-order valence-electron chi connectivity index (χ0n) is 5.60. The van der Waals surface area contributed by atoms with Crippen LogP contribution in [0.2, 0.25) is 0 Å². The first-order valence-corrected chi connectivity index (χ1v) is 4.48. The van der Waals surface area contributed by atoms with Crippen molar-refractivity contribution in [3.05, 3.63) is 24.0 Å². The van der Waals surface area contributed by atoms with Gasteiger partial charge in [0.25, 0.3) is 0 Å². The normalized spacial score (nSPS) is 9.50. The van der Waals surface area contributed by atoms with Crippen molar-refractivity contribution in [3.63, 3.8) is 0 Å². The fourth-order valence-corrected chi connectivity index (χ4v) is 1.38. The summed E-state index contributed by atoms with van der Waals surface area (Å²) in [6, 6.07) is 4.91. The Hall–Kier alpha value is -0.251. The van der Waals surface area contributed by atoms with Crippen LogP contribution in [0.1, 0.15) is 0 Å². The van der Waals surface area contributed by atoms with Crippen molar-refractivity contribution in [1.29, 1.82) is 0 Å². The molecule has 0 atom stereocenters. The molecule has 1 aromatic rings. The third-order valence-corrected chi connectivity index (χ3v) is 2.20. The first-order chi connectivity index (χ1) is 4.74. The Bertz CT molecular complexity index is 237. The molecule has 0 saturated heterocycles. The van der Waals surface area contributed by atoms with E-state index in [1.165, 1.54) is 13.2 Å².